The van der Waals surface area contributed by atoms with Crippen LogP contribution >= 0.6 is 11.6 Å². The highest BCUT2D eigenvalue weighted by Crippen LogP contribution is 2.30. The van der Waals surface area contributed by atoms with E-state index in [2.05, 4.69) is 0 Å². The van der Waals surface area contributed by atoms with Crippen molar-refractivity contribution >= 4 is 28.5 Å². The van der Waals surface area contributed by atoms with Gasteiger partial charge in [-0.1, -0.05) is 11.6 Å². The number of rotatable bonds is 3. The molecule has 2 aromatic rings. The Morgan fingerprint density at radius 2 is 2.19 bits per heavy atom. The number of aliphatic hydroxyl groups is 1. The largest absolute Gasteiger partial charge is 0.451 e. The van der Waals surface area contributed by atoms with Crippen molar-refractivity contribution < 1.29 is 14.3 Å². The maximum atomic E-state index is 12.5. The molecule has 1 aliphatic carbocycles. The van der Waals surface area contributed by atoms with Crippen LogP contribution in [-0.2, 0) is 0 Å². The van der Waals surface area contributed by atoms with Crippen LogP contribution < -0.4 is 0 Å². The fraction of sp³-hybridized carbons (Fsp3) is 0.438. The van der Waals surface area contributed by atoms with E-state index in [1.54, 1.807) is 24.1 Å². The van der Waals surface area contributed by atoms with Crippen molar-refractivity contribution in [2.45, 2.75) is 25.9 Å². The molecular weight excluding hydrogens is 290 g/mol. The monoisotopic (exact) mass is 307 g/mol. The van der Waals surface area contributed by atoms with E-state index < -0.39 is 0 Å². The molecule has 1 heterocycles. The minimum absolute atomic E-state index is 0.124. The van der Waals surface area contributed by atoms with Crippen LogP contribution in [0, 0.1) is 12.8 Å². The number of nitrogens with zero attached hydrogens (tertiary/aromatic N) is 1. The molecule has 0 atom stereocenters. The van der Waals surface area contributed by atoms with E-state index in [-0.39, 0.29) is 12.0 Å². The van der Waals surface area contributed by atoms with Crippen LogP contribution in [0.2, 0.25) is 5.02 Å². The van der Waals surface area contributed by atoms with Crippen molar-refractivity contribution in [1.82, 2.24) is 4.90 Å². The van der Waals surface area contributed by atoms with E-state index in [0.29, 0.717) is 28.8 Å². The van der Waals surface area contributed by atoms with E-state index >= 15 is 0 Å². The van der Waals surface area contributed by atoms with Crippen molar-refractivity contribution in [2.75, 3.05) is 13.6 Å². The van der Waals surface area contributed by atoms with E-state index in [9.17, 15) is 9.90 Å². The van der Waals surface area contributed by atoms with Crippen molar-refractivity contribution in [3.63, 3.8) is 0 Å². The van der Waals surface area contributed by atoms with Gasteiger partial charge in [0, 0.05) is 29.6 Å². The molecule has 1 saturated carbocycles. The smallest absolute Gasteiger partial charge is 0.289 e. The fourth-order valence-corrected chi connectivity index (χ4v) is 3.06. The highest BCUT2D eigenvalue weighted by atomic mass is 35.5. The van der Waals surface area contributed by atoms with Gasteiger partial charge in [0.25, 0.3) is 5.91 Å². The number of carbonyl (C=O) groups excluding carboxylic acids is 1. The third-order valence-corrected chi connectivity index (χ3v) is 4.42. The van der Waals surface area contributed by atoms with E-state index in [1.807, 2.05) is 13.0 Å². The Labute approximate surface area is 128 Å². The van der Waals surface area contributed by atoms with Gasteiger partial charge < -0.3 is 14.4 Å². The first-order valence-corrected chi connectivity index (χ1v) is 7.45. The van der Waals surface area contributed by atoms with Gasteiger partial charge in [-0.25, -0.2) is 0 Å². The van der Waals surface area contributed by atoms with Crippen molar-refractivity contribution in [3.8, 4) is 0 Å². The van der Waals surface area contributed by atoms with Gasteiger partial charge in [-0.3, -0.25) is 4.79 Å². The van der Waals surface area contributed by atoms with Gasteiger partial charge >= 0.3 is 0 Å². The van der Waals surface area contributed by atoms with Crippen LogP contribution in [0.4, 0.5) is 0 Å². The fourth-order valence-electron chi connectivity index (χ4n) is 2.89. The minimum Gasteiger partial charge on any atom is -0.451 e. The lowest BCUT2D eigenvalue weighted by Gasteiger charge is -2.34. The zero-order valence-electron chi connectivity index (χ0n) is 12.1. The van der Waals surface area contributed by atoms with Crippen LogP contribution in [0.3, 0.4) is 0 Å². The lowest BCUT2D eigenvalue weighted by molar-refractivity contribution is 0.0258. The summed E-state index contributed by atoms with van der Waals surface area (Å²) in [5.41, 5.74) is 1.49. The van der Waals surface area contributed by atoms with Crippen molar-refractivity contribution in [2.24, 2.45) is 5.92 Å². The number of aliphatic hydroxyl groups excluding tert-OH is 1. The third kappa shape index (κ3) is 2.65. The molecule has 0 spiro atoms. The molecule has 0 unspecified atom stereocenters. The number of hydrogen-bond donors (Lipinski definition) is 1. The van der Waals surface area contributed by atoms with Crippen LogP contribution in [0.1, 0.15) is 29.0 Å². The number of carbonyl (C=O) groups is 1. The molecule has 1 amide bonds. The van der Waals surface area contributed by atoms with Crippen LogP contribution in [0.15, 0.2) is 22.6 Å². The molecule has 1 aromatic carbocycles. The topological polar surface area (TPSA) is 53.7 Å². The molecule has 21 heavy (non-hydrogen) atoms. The highest BCUT2D eigenvalue weighted by molar-refractivity contribution is 6.31. The van der Waals surface area contributed by atoms with Gasteiger partial charge in [0.15, 0.2) is 5.76 Å². The van der Waals surface area contributed by atoms with Crippen LogP contribution in [0.25, 0.3) is 11.0 Å². The molecule has 5 heteroatoms. The first kappa shape index (κ1) is 14.4. The molecule has 0 saturated heterocycles. The molecule has 0 radical (unpaired) electrons. The molecule has 1 fully saturated rings. The molecule has 1 aliphatic rings. The molecular formula is C16H18ClNO3. The quantitative estimate of drug-likeness (QED) is 0.947. The van der Waals surface area contributed by atoms with Crippen molar-refractivity contribution in [3.05, 3.63) is 34.5 Å². The Hall–Kier alpha value is -1.52. The molecule has 0 aliphatic heterocycles. The van der Waals surface area contributed by atoms with Gasteiger partial charge in [0.05, 0.1) is 6.10 Å². The Bertz CT molecular complexity index is 688. The number of amides is 1. The summed E-state index contributed by atoms with van der Waals surface area (Å²) in [6.45, 7) is 2.52. The zero-order chi connectivity index (χ0) is 15.1. The van der Waals surface area contributed by atoms with Crippen LogP contribution in [-0.4, -0.2) is 35.6 Å². The summed E-state index contributed by atoms with van der Waals surface area (Å²) in [7, 11) is 1.77. The number of halogens is 1. The van der Waals surface area contributed by atoms with Crippen molar-refractivity contribution in [1.29, 1.82) is 0 Å². The SMILES string of the molecule is Cc1c(C(=O)N(C)CC2CC(O)C2)oc2ccc(Cl)cc12. The lowest BCUT2D eigenvalue weighted by Crippen LogP contribution is -2.39. The number of benzene rings is 1. The molecule has 3 rings (SSSR count). The van der Waals surface area contributed by atoms with Gasteiger partial charge in [-0.05, 0) is 43.9 Å². The average molecular weight is 308 g/mol. The molecule has 1 aromatic heterocycles. The first-order valence-electron chi connectivity index (χ1n) is 7.08. The predicted octanol–water partition coefficient (Wildman–Crippen LogP) is 3.24. The number of aryl methyl sites for hydroxylation is 1. The molecule has 112 valence electrons. The molecule has 1 N–H and O–H groups in total. The van der Waals surface area contributed by atoms with E-state index in [0.717, 1.165) is 23.8 Å². The Morgan fingerprint density at radius 1 is 1.48 bits per heavy atom. The predicted molar refractivity (Wildman–Crippen MR) is 81.7 cm³/mol. The maximum Gasteiger partial charge on any atom is 0.289 e. The van der Waals surface area contributed by atoms with E-state index in [1.165, 1.54) is 0 Å². The number of furan rings is 1. The summed E-state index contributed by atoms with van der Waals surface area (Å²) >= 11 is 5.99. The highest BCUT2D eigenvalue weighted by Gasteiger charge is 2.30. The average Bonchev–Trinajstić information content (AvgIpc) is 2.73. The summed E-state index contributed by atoms with van der Waals surface area (Å²) in [4.78, 5) is 14.2. The maximum absolute atomic E-state index is 12.5. The van der Waals surface area contributed by atoms with Gasteiger partial charge in [-0.2, -0.15) is 0 Å². The van der Waals surface area contributed by atoms with E-state index in [4.69, 9.17) is 16.0 Å². The van der Waals surface area contributed by atoms with Gasteiger partial charge in [0.1, 0.15) is 5.58 Å². The van der Waals surface area contributed by atoms with Gasteiger partial charge in [0.2, 0.25) is 0 Å². The third-order valence-electron chi connectivity index (χ3n) is 4.18. The second kappa shape index (κ2) is 5.35. The van der Waals surface area contributed by atoms with Crippen LogP contribution in [0.5, 0.6) is 0 Å². The van der Waals surface area contributed by atoms with Gasteiger partial charge in [-0.15, -0.1) is 0 Å². The standard InChI is InChI=1S/C16H18ClNO3/c1-9-13-7-11(17)3-4-14(13)21-15(9)16(20)18(2)8-10-5-12(19)6-10/h3-4,7,10,12,19H,5-6,8H2,1-2H3. The second-order valence-corrected chi connectivity index (χ2v) is 6.31. The Morgan fingerprint density at radius 3 is 2.86 bits per heavy atom. The lowest BCUT2D eigenvalue weighted by atomic mass is 9.82. The Kier molecular flexibility index (Phi) is 3.68. The molecule has 4 nitrogen and oxygen atoms in total. The molecule has 0 bridgehead atoms. The normalized spacial score (nSPS) is 21.3. The number of fused-ring (bicyclic) bond motifs is 1. The minimum atomic E-state index is -0.200. The second-order valence-electron chi connectivity index (χ2n) is 5.87. The first-order chi connectivity index (χ1) is 9.95. The number of hydrogen-bond acceptors (Lipinski definition) is 3. The summed E-state index contributed by atoms with van der Waals surface area (Å²) in [5, 5.41) is 10.8. The Balaban J connectivity index is 1.82. The summed E-state index contributed by atoms with van der Waals surface area (Å²) < 4.78 is 5.69. The zero-order valence-corrected chi connectivity index (χ0v) is 12.9. The summed E-state index contributed by atoms with van der Waals surface area (Å²) in [6, 6.07) is 5.35. The summed E-state index contributed by atoms with van der Waals surface area (Å²) in [5.74, 6) is 0.629. The summed E-state index contributed by atoms with van der Waals surface area (Å²) in [6.07, 6.45) is 1.34.